The van der Waals surface area contributed by atoms with E-state index in [1.54, 1.807) is 31.0 Å². The highest BCUT2D eigenvalue weighted by Crippen LogP contribution is 1.92. The fourth-order valence-corrected chi connectivity index (χ4v) is 1.38. The van der Waals surface area contributed by atoms with Crippen molar-refractivity contribution in [1.29, 1.82) is 0 Å². The second kappa shape index (κ2) is 4.42. The predicted octanol–water partition coefficient (Wildman–Crippen LogP) is 0.225. The quantitative estimate of drug-likeness (QED) is 0.611. The number of rotatable bonds is 2. The van der Waals surface area contributed by atoms with Crippen molar-refractivity contribution in [2.24, 2.45) is 12.1 Å². The van der Waals surface area contributed by atoms with E-state index < -0.39 is 0 Å². The highest BCUT2D eigenvalue weighted by molar-refractivity contribution is 7.71. The Bertz CT molecular complexity index is 679. The highest BCUT2D eigenvalue weighted by Gasteiger charge is 2.00. The summed E-state index contributed by atoms with van der Waals surface area (Å²) in [5.41, 5.74) is 0.749. The number of hydrogen-bond acceptors (Lipinski definition) is 5. The van der Waals surface area contributed by atoms with Gasteiger partial charge in [-0.2, -0.15) is 20.0 Å². The van der Waals surface area contributed by atoms with Crippen LogP contribution in [0.1, 0.15) is 11.3 Å². The lowest BCUT2D eigenvalue weighted by Gasteiger charge is -1.97. The van der Waals surface area contributed by atoms with Crippen molar-refractivity contribution in [1.82, 2.24) is 24.7 Å². The van der Waals surface area contributed by atoms with Gasteiger partial charge in [-0.05, 0) is 19.1 Å². The molecule has 8 heteroatoms. The Morgan fingerprint density at radius 1 is 1.59 bits per heavy atom. The van der Waals surface area contributed by atoms with Crippen LogP contribution in [0.4, 0.5) is 0 Å². The summed E-state index contributed by atoms with van der Waals surface area (Å²) in [5.74, 6) is 0. The third-order valence-electron chi connectivity index (χ3n) is 2.06. The molecule has 0 unspecified atom stereocenters. The molecular weight excluding hydrogens is 240 g/mol. The van der Waals surface area contributed by atoms with E-state index >= 15 is 0 Å². The average molecular weight is 250 g/mol. The fraction of sp³-hybridized carbons (Fsp3) is 0.222. The van der Waals surface area contributed by atoms with Crippen molar-refractivity contribution in [2.75, 3.05) is 0 Å². The monoisotopic (exact) mass is 250 g/mol. The minimum Gasteiger partial charge on any atom is -0.275 e. The summed E-state index contributed by atoms with van der Waals surface area (Å²) in [6.07, 6.45) is 4.92. The largest absolute Gasteiger partial charge is 0.296 e. The van der Waals surface area contributed by atoms with E-state index in [1.807, 2.05) is 0 Å². The van der Waals surface area contributed by atoms with Crippen molar-refractivity contribution in [3.63, 3.8) is 0 Å². The van der Waals surface area contributed by atoms with Crippen molar-refractivity contribution >= 4 is 18.4 Å². The van der Waals surface area contributed by atoms with Gasteiger partial charge in [-0.3, -0.25) is 14.6 Å². The zero-order valence-corrected chi connectivity index (χ0v) is 10.1. The first-order valence-electron chi connectivity index (χ1n) is 4.79. The lowest BCUT2D eigenvalue weighted by Crippen LogP contribution is -2.22. The molecule has 0 saturated heterocycles. The second-order valence-electron chi connectivity index (χ2n) is 3.42. The molecule has 1 N–H and O–H groups in total. The summed E-state index contributed by atoms with van der Waals surface area (Å²) in [6, 6.07) is 0. The van der Waals surface area contributed by atoms with Gasteiger partial charge in [0.2, 0.25) is 4.77 Å². The Labute approximate surface area is 101 Å². The summed E-state index contributed by atoms with van der Waals surface area (Å²) in [7, 11) is 1.80. The maximum absolute atomic E-state index is 11.7. The Kier molecular flexibility index (Phi) is 2.96. The Morgan fingerprint density at radius 3 is 3.00 bits per heavy atom. The molecule has 0 saturated carbocycles. The summed E-state index contributed by atoms with van der Waals surface area (Å²) in [4.78, 5) is 11.7. The number of hydrogen-bond donors (Lipinski definition) is 1. The summed E-state index contributed by atoms with van der Waals surface area (Å²) < 4.78 is 2.88. The predicted molar refractivity (Wildman–Crippen MR) is 64.6 cm³/mol. The topological polar surface area (TPSA) is 80.9 Å². The molecule has 0 aliphatic rings. The molecule has 0 aromatic carbocycles. The molecule has 0 atom stereocenters. The number of aromatic nitrogens is 5. The first-order chi connectivity index (χ1) is 8.08. The van der Waals surface area contributed by atoms with Crippen LogP contribution in [0.5, 0.6) is 0 Å². The van der Waals surface area contributed by atoms with Crippen LogP contribution in [-0.4, -0.2) is 30.9 Å². The van der Waals surface area contributed by atoms with E-state index in [4.69, 9.17) is 12.2 Å². The number of H-pyrrole nitrogens is 1. The van der Waals surface area contributed by atoms with Crippen LogP contribution in [0, 0.1) is 11.7 Å². The molecule has 2 aromatic rings. The molecular formula is C9H10N6OS. The van der Waals surface area contributed by atoms with E-state index in [1.165, 1.54) is 6.21 Å². The third-order valence-corrected chi connectivity index (χ3v) is 2.32. The van der Waals surface area contributed by atoms with Gasteiger partial charge >= 0.3 is 0 Å². The molecule has 0 aliphatic heterocycles. The van der Waals surface area contributed by atoms with Gasteiger partial charge in [0, 0.05) is 18.8 Å². The van der Waals surface area contributed by atoms with Crippen molar-refractivity contribution in [3.05, 3.63) is 38.8 Å². The molecule has 2 heterocycles. The summed E-state index contributed by atoms with van der Waals surface area (Å²) >= 11 is 4.93. The van der Waals surface area contributed by atoms with Gasteiger partial charge in [0.15, 0.2) is 0 Å². The molecule has 0 radical (unpaired) electrons. The van der Waals surface area contributed by atoms with Crippen molar-refractivity contribution in [2.45, 2.75) is 6.92 Å². The van der Waals surface area contributed by atoms with Crippen LogP contribution in [0.25, 0.3) is 0 Å². The zero-order chi connectivity index (χ0) is 12.4. The lowest BCUT2D eigenvalue weighted by molar-refractivity contribution is 0.720. The molecule has 2 rings (SSSR count). The van der Waals surface area contributed by atoms with E-state index in [-0.39, 0.29) is 10.3 Å². The SMILES string of the molecule is Cc1n[nH]c(=S)n(/N=C/c2cnn(C)c2)c1=O. The average Bonchev–Trinajstić information content (AvgIpc) is 2.70. The minimum atomic E-state index is -0.339. The number of aryl methyl sites for hydroxylation is 2. The van der Waals surface area contributed by atoms with Gasteiger partial charge in [0.25, 0.3) is 5.56 Å². The van der Waals surface area contributed by atoms with E-state index in [9.17, 15) is 4.79 Å². The number of nitrogens with one attached hydrogen (secondary N) is 1. The first-order valence-corrected chi connectivity index (χ1v) is 5.20. The van der Waals surface area contributed by atoms with Crippen LogP contribution in [0.2, 0.25) is 0 Å². The summed E-state index contributed by atoms with van der Waals surface area (Å²) in [6.45, 7) is 1.59. The second-order valence-corrected chi connectivity index (χ2v) is 3.81. The van der Waals surface area contributed by atoms with E-state index in [0.29, 0.717) is 5.69 Å². The molecule has 17 heavy (non-hydrogen) atoms. The van der Waals surface area contributed by atoms with E-state index in [0.717, 1.165) is 10.2 Å². The normalized spacial score (nSPS) is 11.2. The van der Waals surface area contributed by atoms with Crippen LogP contribution in [-0.2, 0) is 7.05 Å². The van der Waals surface area contributed by atoms with Crippen LogP contribution >= 0.6 is 12.2 Å². The first kappa shape index (κ1) is 11.4. The zero-order valence-electron chi connectivity index (χ0n) is 9.28. The third kappa shape index (κ3) is 2.36. The van der Waals surface area contributed by atoms with Gasteiger partial charge in [0.1, 0.15) is 5.69 Å². The summed E-state index contributed by atoms with van der Waals surface area (Å²) in [5, 5.41) is 14.3. The molecule has 0 spiro atoms. The molecule has 2 aromatic heterocycles. The number of nitrogens with zero attached hydrogens (tertiary/aromatic N) is 5. The van der Waals surface area contributed by atoms with E-state index in [2.05, 4.69) is 20.4 Å². The van der Waals surface area contributed by atoms with Crippen LogP contribution in [0.15, 0.2) is 22.3 Å². The smallest absolute Gasteiger partial charge is 0.275 e. The lowest BCUT2D eigenvalue weighted by atomic mass is 10.4. The standard InChI is InChI=1S/C9H10N6OS/c1-6-8(16)15(9(17)13-12-6)11-4-7-3-10-14(2)5-7/h3-5H,1-2H3,(H,13,17)/b11-4+. The molecule has 88 valence electrons. The van der Waals surface area contributed by atoms with Gasteiger partial charge in [0.05, 0.1) is 12.4 Å². The Balaban J connectivity index is 2.43. The van der Waals surface area contributed by atoms with Crippen LogP contribution < -0.4 is 5.56 Å². The Hall–Kier alpha value is -2.09. The molecule has 0 bridgehead atoms. The van der Waals surface area contributed by atoms with Gasteiger partial charge in [-0.1, -0.05) is 0 Å². The number of aromatic amines is 1. The molecule has 0 aliphatic carbocycles. The minimum absolute atomic E-state index is 0.153. The van der Waals surface area contributed by atoms with Crippen molar-refractivity contribution < 1.29 is 0 Å². The fourth-order valence-electron chi connectivity index (χ4n) is 1.21. The van der Waals surface area contributed by atoms with Crippen LogP contribution in [0.3, 0.4) is 0 Å². The maximum atomic E-state index is 11.7. The molecule has 7 nitrogen and oxygen atoms in total. The van der Waals surface area contributed by atoms with Gasteiger partial charge < -0.3 is 0 Å². The molecule has 0 amide bonds. The highest BCUT2D eigenvalue weighted by atomic mass is 32.1. The van der Waals surface area contributed by atoms with Crippen molar-refractivity contribution in [3.8, 4) is 0 Å². The Morgan fingerprint density at radius 2 is 2.35 bits per heavy atom. The molecule has 0 fully saturated rings. The maximum Gasteiger partial charge on any atom is 0.296 e. The van der Waals surface area contributed by atoms with Gasteiger partial charge in [-0.15, -0.1) is 0 Å². The van der Waals surface area contributed by atoms with Gasteiger partial charge in [-0.25, -0.2) is 0 Å².